The van der Waals surface area contributed by atoms with Gasteiger partial charge < -0.3 is 20.5 Å². The Morgan fingerprint density at radius 2 is 1.96 bits per heavy atom. The molecule has 0 amide bonds. The van der Waals surface area contributed by atoms with Crippen LogP contribution in [-0.2, 0) is 4.74 Å². The second kappa shape index (κ2) is 11.9. The summed E-state index contributed by atoms with van der Waals surface area (Å²) in [5, 5.41) is 16.1. The molecule has 130 valence electrons. The Bertz CT molecular complexity index is 435. The van der Waals surface area contributed by atoms with Crippen LogP contribution in [0.15, 0.2) is 35.3 Å². The van der Waals surface area contributed by atoms with E-state index in [2.05, 4.69) is 15.6 Å². The van der Waals surface area contributed by atoms with Gasteiger partial charge in [-0.05, 0) is 32.8 Å². The molecule has 1 aromatic rings. The van der Waals surface area contributed by atoms with E-state index in [0.717, 1.165) is 37.6 Å². The fourth-order valence-electron chi connectivity index (χ4n) is 2.13. The van der Waals surface area contributed by atoms with Crippen molar-refractivity contribution in [2.45, 2.75) is 39.2 Å². The smallest absolute Gasteiger partial charge is 0.191 e. The topological polar surface area (TPSA) is 65.9 Å². The fourth-order valence-corrected chi connectivity index (χ4v) is 2.13. The molecular weight excluding hydrogens is 290 g/mol. The van der Waals surface area contributed by atoms with Gasteiger partial charge in [-0.2, -0.15) is 0 Å². The SMILES string of the molecule is CCNC(=NCC(CO)c1ccccc1)NCCCOC(C)C. The third-order valence-electron chi connectivity index (χ3n) is 3.37. The van der Waals surface area contributed by atoms with E-state index in [0.29, 0.717) is 6.54 Å². The molecule has 5 heteroatoms. The summed E-state index contributed by atoms with van der Waals surface area (Å²) in [5.74, 6) is 0.808. The summed E-state index contributed by atoms with van der Waals surface area (Å²) in [6, 6.07) is 10.0. The molecule has 5 nitrogen and oxygen atoms in total. The van der Waals surface area contributed by atoms with E-state index in [4.69, 9.17) is 4.74 Å². The lowest BCUT2D eigenvalue weighted by Crippen LogP contribution is -2.38. The number of guanidine groups is 1. The van der Waals surface area contributed by atoms with E-state index in [9.17, 15) is 5.11 Å². The lowest BCUT2D eigenvalue weighted by molar-refractivity contribution is 0.0776. The molecule has 0 saturated carbocycles. The van der Waals surface area contributed by atoms with Crippen LogP contribution in [0.5, 0.6) is 0 Å². The summed E-state index contributed by atoms with van der Waals surface area (Å²) < 4.78 is 5.52. The zero-order valence-corrected chi connectivity index (χ0v) is 14.6. The number of rotatable bonds is 10. The van der Waals surface area contributed by atoms with Gasteiger partial charge in [0.2, 0.25) is 0 Å². The van der Waals surface area contributed by atoms with Crippen LogP contribution < -0.4 is 10.6 Å². The number of nitrogens with zero attached hydrogens (tertiary/aromatic N) is 1. The number of aliphatic hydroxyl groups excluding tert-OH is 1. The molecule has 1 aromatic carbocycles. The number of hydrogen-bond donors (Lipinski definition) is 3. The summed E-state index contributed by atoms with van der Waals surface area (Å²) in [6.45, 7) is 9.13. The Morgan fingerprint density at radius 3 is 2.57 bits per heavy atom. The Kier molecular flexibility index (Phi) is 10.1. The van der Waals surface area contributed by atoms with E-state index in [1.807, 2.05) is 51.1 Å². The zero-order valence-electron chi connectivity index (χ0n) is 14.6. The number of aliphatic hydroxyl groups is 1. The Balaban J connectivity index is 2.46. The molecule has 0 aliphatic heterocycles. The van der Waals surface area contributed by atoms with Crippen LogP contribution in [0.1, 0.15) is 38.7 Å². The van der Waals surface area contributed by atoms with Crippen molar-refractivity contribution in [3.05, 3.63) is 35.9 Å². The van der Waals surface area contributed by atoms with Gasteiger partial charge in [-0.25, -0.2) is 0 Å². The van der Waals surface area contributed by atoms with Crippen LogP contribution in [0.25, 0.3) is 0 Å². The van der Waals surface area contributed by atoms with Crippen molar-refractivity contribution in [1.82, 2.24) is 10.6 Å². The normalized spacial score (nSPS) is 13.2. The van der Waals surface area contributed by atoms with Crippen LogP contribution in [0.3, 0.4) is 0 Å². The molecule has 1 unspecified atom stereocenters. The van der Waals surface area contributed by atoms with Gasteiger partial charge in [0, 0.05) is 25.6 Å². The monoisotopic (exact) mass is 321 g/mol. The van der Waals surface area contributed by atoms with Crippen molar-refractivity contribution in [2.75, 3.05) is 32.8 Å². The van der Waals surface area contributed by atoms with Crippen molar-refractivity contribution in [2.24, 2.45) is 4.99 Å². The van der Waals surface area contributed by atoms with E-state index < -0.39 is 0 Å². The first-order valence-corrected chi connectivity index (χ1v) is 8.47. The predicted octanol–water partition coefficient (Wildman–Crippen LogP) is 2.13. The quantitative estimate of drug-likeness (QED) is 0.351. The highest BCUT2D eigenvalue weighted by Gasteiger charge is 2.09. The van der Waals surface area contributed by atoms with Crippen LogP contribution in [-0.4, -0.2) is 50.0 Å². The highest BCUT2D eigenvalue weighted by atomic mass is 16.5. The van der Waals surface area contributed by atoms with Gasteiger partial charge in [-0.15, -0.1) is 0 Å². The summed E-state index contributed by atoms with van der Waals surface area (Å²) in [7, 11) is 0. The van der Waals surface area contributed by atoms with E-state index >= 15 is 0 Å². The summed E-state index contributed by atoms with van der Waals surface area (Å²) >= 11 is 0. The molecule has 0 spiro atoms. The second-order valence-electron chi connectivity index (χ2n) is 5.71. The lowest BCUT2D eigenvalue weighted by atomic mass is 10.0. The van der Waals surface area contributed by atoms with Crippen molar-refractivity contribution < 1.29 is 9.84 Å². The molecule has 0 aromatic heterocycles. The standard InChI is InChI=1S/C18H31N3O2/c1-4-19-18(20-11-8-12-23-15(2)3)21-13-17(14-22)16-9-6-5-7-10-16/h5-7,9-10,15,17,22H,4,8,11-14H2,1-3H3,(H2,19,20,21). The van der Waals surface area contributed by atoms with Gasteiger partial charge in [-0.3, -0.25) is 4.99 Å². The predicted molar refractivity (Wildman–Crippen MR) is 96.0 cm³/mol. The first-order chi connectivity index (χ1) is 11.2. The van der Waals surface area contributed by atoms with Gasteiger partial charge in [-0.1, -0.05) is 30.3 Å². The molecule has 23 heavy (non-hydrogen) atoms. The number of aliphatic imine (C=N–C) groups is 1. The third-order valence-corrected chi connectivity index (χ3v) is 3.37. The molecular formula is C18H31N3O2. The zero-order chi connectivity index (χ0) is 16.9. The maximum absolute atomic E-state index is 9.59. The first kappa shape index (κ1) is 19.5. The van der Waals surface area contributed by atoms with Crippen LogP contribution >= 0.6 is 0 Å². The Morgan fingerprint density at radius 1 is 1.22 bits per heavy atom. The molecule has 0 heterocycles. The van der Waals surface area contributed by atoms with Crippen molar-refractivity contribution in [3.63, 3.8) is 0 Å². The Hall–Kier alpha value is -1.59. The molecule has 0 fully saturated rings. The molecule has 0 saturated heterocycles. The average molecular weight is 321 g/mol. The number of ether oxygens (including phenoxy) is 1. The minimum atomic E-state index is 0.0240. The summed E-state index contributed by atoms with van der Waals surface area (Å²) in [6.07, 6.45) is 1.21. The van der Waals surface area contributed by atoms with Crippen molar-refractivity contribution >= 4 is 5.96 Å². The number of benzene rings is 1. The Labute approximate surface area is 140 Å². The van der Waals surface area contributed by atoms with E-state index in [1.54, 1.807) is 0 Å². The van der Waals surface area contributed by atoms with Crippen molar-refractivity contribution in [1.29, 1.82) is 0 Å². The molecule has 1 rings (SSSR count). The highest BCUT2D eigenvalue weighted by molar-refractivity contribution is 5.79. The summed E-state index contributed by atoms with van der Waals surface area (Å²) in [4.78, 5) is 4.59. The van der Waals surface area contributed by atoms with Gasteiger partial charge in [0.25, 0.3) is 0 Å². The minimum absolute atomic E-state index is 0.0240. The third kappa shape index (κ3) is 8.57. The summed E-state index contributed by atoms with van der Waals surface area (Å²) in [5.41, 5.74) is 1.11. The van der Waals surface area contributed by atoms with E-state index in [1.165, 1.54) is 0 Å². The van der Waals surface area contributed by atoms with Gasteiger partial charge >= 0.3 is 0 Å². The molecule has 1 atom stereocenters. The van der Waals surface area contributed by atoms with Crippen molar-refractivity contribution in [3.8, 4) is 0 Å². The molecule has 0 bridgehead atoms. The van der Waals surface area contributed by atoms with Crippen LogP contribution in [0, 0.1) is 0 Å². The molecule has 0 radical (unpaired) electrons. The molecule has 0 aliphatic rings. The number of nitrogens with one attached hydrogen (secondary N) is 2. The molecule has 0 aliphatic carbocycles. The maximum atomic E-state index is 9.59. The second-order valence-corrected chi connectivity index (χ2v) is 5.71. The fraction of sp³-hybridized carbons (Fsp3) is 0.611. The first-order valence-electron chi connectivity index (χ1n) is 8.47. The largest absolute Gasteiger partial charge is 0.396 e. The average Bonchev–Trinajstić information content (AvgIpc) is 2.55. The maximum Gasteiger partial charge on any atom is 0.191 e. The highest BCUT2D eigenvalue weighted by Crippen LogP contribution is 2.14. The van der Waals surface area contributed by atoms with Crippen LogP contribution in [0.2, 0.25) is 0 Å². The van der Waals surface area contributed by atoms with Gasteiger partial charge in [0.15, 0.2) is 5.96 Å². The minimum Gasteiger partial charge on any atom is -0.396 e. The van der Waals surface area contributed by atoms with Gasteiger partial charge in [0.05, 0.1) is 19.3 Å². The van der Waals surface area contributed by atoms with E-state index in [-0.39, 0.29) is 18.6 Å². The lowest BCUT2D eigenvalue weighted by Gasteiger charge is -2.15. The van der Waals surface area contributed by atoms with Crippen LogP contribution in [0.4, 0.5) is 0 Å². The van der Waals surface area contributed by atoms with Gasteiger partial charge in [0.1, 0.15) is 0 Å². The number of hydrogen-bond acceptors (Lipinski definition) is 3. The molecule has 3 N–H and O–H groups in total.